The van der Waals surface area contributed by atoms with Gasteiger partial charge in [-0.15, -0.1) is 0 Å². The first kappa shape index (κ1) is 14.5. The number of para-hydroxylation sites is 1. The number of hydrogen-bond acceptors (Lipinski definition) is 1. The average molecular weight is 323 g/mol. The van der Waals surface area contributed by atoms with Crippen molar-refractivity contribution >= 4 is 52.6 Å². The van der Waals surface area contributed by atoms with Crippen LogP contribution in [-0.2, 0) is 0 Å². The minimum absolute atomic E-state index is 0.249. The summed E-state index contributed by atoms with van der Waals surface area (Å²) in [6.45, 7) is 0.947. The van der Waals surface area contributed by atoms with Crippen LogP contribution < -0.4 is 4.67 Å². The van der Waals surface area contributed by atoms with Crippen LogP contribution in [0, 0.1) is 0 Å². The van der Waals surface area contributed by atoms with Crippen molar-refractivity contribution in [2.24, 2.45) is 0 Å². The van der Waals surface area contributed by atoms with Gasteiger partial charge in [-0.3, -0.25) is 0 Å². The Kier molecular flexibility index (Phi) is 5.21. The van der Waals surface area contributed by atoms with Gasteiger partial charge in [0.25, 0.3) is 0 Å². The van der Waals surface area contributed by atoms with Gasteiger partial charge in [-0.25, -0.2) is 0 Å². The molecule has 1 aliphatic heterocycles. The van der Waals surface area contributed by atoms with Gasteiger partial charge in [-0.05, 0) is 18.1 Å². The maximum atomic E-state index is 6.30. The van der Waals surface area contributed by atoms with E-state index in [1.807, 2.05) is 18.2 Å². The summed E-state index contributed by atoms with van der Waals surface area (Å²) in [6.07, 6.45) is 7.66. The molecule has 18 heavy (non-hydrogen) atoms. The summed E-state index contributed by atoms with van der Waals surface area (Å²) < 4.78 is 2.06. The molecule has 1 unspecified atom stereocenters. The van der Waals surface area contributed by atoms with E-state index in [9.17, 15) is 0 Å². The molecule has 1 aliphatic rings. The van der Waals surface area contributed by atoms with Gasteiger partial charge in [0.05, 0.1) is 16.8 Å². The lowest BCUT2D eigenvalue weighted by Crippen LogP contribution is -2.30. The minimum atomic E-state index is -1.24. The van der Waals surface area contributed by atoms with Crippen molar-refractivity contribution in [1.29, 1.82) is 0 Å². The molecule has 0 N–H and O–H groups in total. The van der Waals surface area contributed by atoms with E-state index in [-0.39, 0.29) is 6.04 Å². The molecule has 1 aromatic carbocycles. The Labute approximate surface area is 124 Å². The van der Waals surface area contributed by atoms with Gasteiger partial charge in [0.15, 0.2) is 6.78 Å². The van der Waals surface area contributed by atoms with Crippen molar-refractivity contribution in [2.45, 2.75) is 32.2 Å². The molecule has 0 aliphatic carbocycles. The zero-order valence-electron chi connectivity index (χ0n) is 10.1. The van der Waals surface area contributed by atoms with Crippen molar-refractivity contribution < 1.29 is 0 Å². The number of hydrogen-bond donors (Lipinski definition) is 0. The Morgan fingerprint density at radius 1 is 1.33 bits per heavy atom. The van der Waals surface area contributed by atoms with Gasteiger partial charge >= 0.3 is 0 Å². The Morgan fingerprint density at radius 2 is 2.11 bits per heavy atom. The van der Waals surface area contributed by atoms with Crippen LogP contribution in [-0.4, -0.2) is 6.04 Å². The second-order valence-corrected chi connectivity index (χ2v) is 8.01. The first-order chi connectivity index (χ1) is 8.65. The first-order valence-electron chi connectivity index (χ1n) is 6.02. The molecule has 0 bridgehead atoms. The quantitative estimate of drug-likeness (QED) is 0.577. The normalized spacial score (nSPS) is 18.3. The fourth-order valence-corrected chi connectivity index (χ4v) is 4.44. The molecular formula is C13H15Cl3NP. The Balaban J connectivity index is 2.37. The average Bonchev–Trinajstić information content (AvgIpc) is 2.36. The predicted molar refractivity (Wildman–Crippen MR) is 84.9 cm³/mol. The summed E-state index contributed by atoms with van der Waals surface area (Å²) in [4.78, 5) is 0. The van der Waals surface area contributed by atoms with Crippen LogP contribution in [0.2, 0.25) is 5.02 Å². The summed E-state index contributed by atoms with van der Waals surface area (Å²) in [5.41, 5.74) is 2.06. The lowest BCUT2D eigenvalue weighted by atomic mass is 10.0. The van der Waals surface area contributed by atoms with Gasteiger partial charge in [0.2, 0.25) is 0 Å². The number of rotatable bonds is 4. The summed E-state index contributed by atoms with van der Waals surface area (Å²) in [6, 6.07) is 6.11. The molecule has 0 aromatic heterocycles. The Morgan fingerprint density at radius 3 is 2.78 bits per heavy atom. The fraction of sp³-hybridized carbons (Fsp3) is 0.385. The van der Waals surface area contributed by atoms with Gasteiger partial charge in [0.1, 0.15) is 0 Å². The highest BCUT2D eigenvalue weighted by Crippen LogP contribution is 2.57. The van der Waals surface area contributed by atoms with Crippen LogP contribution in [0.5, 0.6) is 0 Å². The number of unbranched alkanes of at least 4 members (excludes halogenated alkanes) is 1. The molecule has 1 atom stereocenters. The van der Waals surface area contributed by atoms with Crippen molar-refractivity contribution in [3.05, 3.63) is 34.9 Å². The van der Waals surface area contributed by atoms with Gasteiger partial charge in [0, 0.05) is 0 Å². The largest absolute Gasteiger partial charge is 0.317 e. The lowest BCUT2D eigenvalue weighted by molar-refractivity contribution is 0.657. The second kappa shape index (κ2) is 6.48. The summed E-state index contributed by atoms with van der Waals surface area (Å²) in [7, 11) is 0. The highest BCUT2D eigenvalue weighted by Gasteiger charge is 2.28. The third-order valence-corrected chi connectivity index (χ3v) is 5.18. The SMILES string of the molecule is CCCCC1C=Cc2cccc(Cl)c2N1P(Cl)Cl. The zero-order chi connectivity index (χ0) is 13.1. The van der Waals surface area contributed by atoms with E-state index in [4.69, 9.17) is 34.1 Å². The molecule has 0 spiro atoms. The molecule has 1 aromatic rings. The standard InChI is InChI=1S/C13H15Cl3NP/c1-2-3-6-11-9-8-10-5-4-7-12(14)13(10)17(11)18(15)16/h4-5,7-9,11H,2-3,6H2,1H3. The van der Waals surface area contributed by atoms with Crippen molar-refractivity contribution in [1.82, 2.24) is 0 Å². The van der Waals surface area contributed by atoms with Gasteiger partial charge in [-0.1, -0.05) is 78.1 Å². The first-order valence-corrected chi connectivity index (χ1v) is 9.51. The fourth-order valence-electron chi connectivity index (χ4n) is 2.19. The van der Waals surface area contributed by atoms with E-state index in [0.29, 0.717) is 5.02 Å². The van der Waals surface area contributed by atoms with Crippen molar-refractivity contribution in [2.75, 3.05) is 4.67 Å². The van der Waals surface area contributed by atoms with E-state index in [1.165, 1.54) is 0 Å². The second-order valence-electron chi connectivity index (χ2n) is 4.31. The number of halogens is 3. The monoisotopic (exact) mass is 321 g/mol. The highest BCUT2D eigenvalue weighted by atomic mass is 35.9. The summed E-state index contributed by atoms with van der Waals surface area (Å²) in [5.74, 6) is 0. The highest BCUT2D eigenvalue weighted by molar-refractivity contribution is 8.04. The minimum Gasteiger partial charge on any atom is -0.317 e. The molecule has 1 nitrogen and oxygen atoms in total. The maximum absolute atomic E-state index is 6.30. The smallest absolute Gasteiger partial charge is 0.188 e. The molecular weight excluding hydrogens is 307 g/mol. The summed E-state index contributed by atoms with van der Waals surface area (Å²) >= 11 is 18.7. The third kappa shape index (κ3) is 2.96. The number of fused-ring (bicyclic) bond motifs is 1. The molecule has 0 radical (unpaired) electrons. The Hall–Kier alpha value is 0.0600. The van der Waals surface area contributed by atoms with E-state index < -0.39 is 6.78 Å². The molecule has 0 saturated heterocycles. The topological polar surface area (TPSA) is 3.24 Å². The summed E-state index contributed by atoms with van der Waals surface area (Å²) in [5, 5.41) is 0.715. The predicted octanol–water partition coefficient (Wildman–Crippen LogP) is 6.44. The Bertz CT molecular complexity index is 448. The lowest BCUT2D eigenvalue weighted by Gasteiger charge is -2.36. The van der Waals surface area contributed by atoms with E-state index in [1.54, 1.807) is 0 Å². The van der Waals surface area contributed by atoms with Crippen LogP contribution in [0.4, 0.5) is 5.69 Å². The number of anilines is 1. The molecule has 5 heteroatoms. The molecule has 98 valence electrons. The van der Waals surface area contributed by atoms with Crippen LogP contribution in [0.15, 0.2) is 24.3 Å². The van der Waals surface area contributed by atoms with E-state index >= 15 is 0 Å². The van der Waals surface area contributed by atoms with Gasteiger partial charge in [-0.2, -0.15) is 0 Å². The maximum Gasteiger partial charge on any atom is 0.188 e. The molecule has 0 fully saturated rings. The number of benzene rings is 1. The van der Waals surface area contributed by atoms with Crippen LogP contribution in [0.3, 0.4) is 0 Å². The molecule has 0 amide bonds. The number of nitrogens with zero attached hydrogens (tertiary/aromatic N) is 1. The third-order valence-electron chi connectivity index (χ3n) is 3.08. The van der Waals surface area contributed by atoms with Crippen molar-refractivity contribution in [3.8, 4) is 0 Å². The molecule has 2 rings (SSSR count). The van der Waals surface area contributed by atoms with Crippen LogP contribution in [0.1, 0.15) is 31.7 Å². The van der Waals surface area contributed by atoms with E-state index in [2.05, 4.69) is 23.7 Å². The molecule has 1 heterocycles. The van der Waals surface area contributed by atoms with E-state index in [0.717, 1.165) is 30.5 Å². The zero-order valence-corrected chi connectivity index (χ0v) is 13.3. The van der Waals surface area contributed by atoms with Gasteiger partial charge < -0.3 is 4.67 Å². The van der Waals surface area contributed by atoms with Crippen molar-refractivity contribution in [3.63, 3.8) is 0 Å². The van der Waals surface area contributed by atoms with Crippen LogP contribution in [0.25, 0.3) is 6.08 Å². The van der Waals surface area contributed by atoms with Crippen LogP contribution >= 0.6 is 40.9 Å². The molecule has 0 saturated carbocycles.